The zero-order valence-electron chi connectivity index (χ0n) is 13.7. The van der Waals surface area contributed by atoms with Crippen LogP contribution in [0.3, 0.4) is 0 Å². The molecule has 0 aliphatic carbocycles. The fraction of sp³-hybridized carbons (Fsp3) is 0.176. The third kappa shape index (κ3) is 4.77. The van der Waals surface area contributed by atoms with Crippen LogP contribution >= 0.6 is 11.6 Å². The largest absolute Gasteiger partial charge is 0.495 e. The normalized spacial score (nSPS) is 10.0. The molecule has 0 aliphatic rings. The smallest absolute Gasteiger partial charge is 0.255 e. The Labute approximate surface area is 149 Å². The standard InChI is InChI=1S/C17H17ClN2O5/c1-23-13-6-4-11(18)8-12(13)20-17(22)10-3-5-14(15(7-10)24-2)25-9-16(19)21/h3-8H,9H2,1-2H3,(H2,19,21)(H,20,22). The molecule has 2 aromatic carbocycles. The number of nitrogens with two attached hydrogens (primary N) is 1. The summed E-state index contributed by atoms with van der Waals surface area (Å²) in [5.41, 5.74) is 5.81. The second-order valence-electron chi connectivity index (χ2n) is 4.92. The lowest BCUT2D eigenvalue weighted by atomic mass is 10.1. The molecule has 7 nitrogen and oxygen atoms in total. The van der Waals surface area contributed by atoms with Gasteiger partial charge in [0.05, 0.1) is 19.9 Å². The highest BCUT2D eigenvalue weighted by atomic mass is 35.5. The van der Waals surface area contributed by atoms with Crippen LogP contribution < -0.4 is 25.3 Å². The van der Waals surface area contributed by atoms with Gasteiger partial charge in [-0.05, 0) is 36.4 Å². The van der Waals surface area contributed by atoms with E-state index in [1.54, 1.807) is 18.2 Å². The summed E-state index contributed by atoms with van der Waals surface area (Å²) < 4.78 is 15.6. The molecule has 0 saturated heterocycles. The van der Waals surface area contributed by atoms with Crippen molar-refractivity contribution in [3.05, 3.63) is 47.0 Å². The minimum absolute atomic E-state index is 0.290. The minimum atomic E-state index is -0.614. The van der Waals surface area contributed by atoms with E-state index in [0.717, 1.165) is 0 Å². The number of hydrogen-bond acceptors (Lipinski definition) is 5. The fourth-order valence-corrected chi connectivity index (χ4v) is 2.22. The van der Waals surface area contributed by atoms with Gasteiger partial charge in [-0.3, -0.25) is 9.59 Å². The second kappa shape index (κ2) is 8.25. The third-order valence-electron chi connectivity index (χ3n) is 3.21. The Morgan fingerprint density at radius 2 is 1.72 bits per heavy atom. The molecule has 8 heteroatoms. The summed E-state index contributed by atoms with van der Waals surface area (Å²) >= 11 is 5.95. The number of benzene rings is 2. The van der Waals surface area contributed by atoms with E-state index in [-0.39, 0.29) is 12.5 Å². The number of carbonyl (C=O) groups excluding carboxylic acids is 2. The number of rotatable bonds is 7. The molecule has 0 unspecified atom stereocenters. The lowest BCUT2D eigenvalue weighted by molar-refractivity contribution is -0.119. The Balaban J connectivity index is 2.22. The van der Waals surface area contributed by atoms with Crippen LogP contribution in [-0.4, -0.2) is 32.6 Å². The molecule has 0 heterocycles. The number of amides is 2. The second-order valence-corrected chi connectivity index (χ2v) is 5.36. The molecule has 0 fully saturated rings. The number of carbonyl (C=O) groups is 2. The number of halogens is 1. The Morgan fingerprint density at radius 3 is 2.36 bits per heavy atom. The molecular formula is C17H17ClN2O5. The molecule has 2 amide bonds. The van der Waals surface area contributed by atoms with Crippen molar-refractivity contribution in [2.75, 3.05) is 26.1 Å². The average Bonchev–Trinajstić information content (AvgIpc) is 2.59. The Morgan fingerprint density at radius 1 is 1.04 bits per heavy atom. The summed E-state index contributed by atoms with van der Waals surface area (Å²) in [7, 11) is 2.92. The molecular weight excluding hydrogens is 348 g/mol. The Kier molecular flexibility index (Phi) is 6.08. The maximum atomic E-state index is 12.5. The molecule has 0 aliphatic heterocycles. The number of hydrogen-bond donors (Lipinski definition) is 2. The van der Waals surface area contributed by atoms with Crippen LogP contribution in [0.1, 0.15) is 10.4 Å². The van der Waals surface area contributed by atoms with E-state index in [0.29, 0.717) is 33.5 Å². The number of methoxy groups -OCH3 is 2. The van der Waals surface area contributed by atoms with Crippen molar-refractivity contribution in [3.8, 4) is 17.2 Å². The minimum Gasteiger partial charge on any atom is -0.495 e. The first-order valence-electron chi connectivity index (χ1n) is 7.18. The van der Waals surface area contributed by atoms with E-state index in [1.165, 1.54) is 32.4 Å². The lowest BCUT2D eigenvalue weighted by Gasteiger charge is -2.13. The zero-order chi connectivity index (χ0) is 18.4. The van der Waals surface area contributed by atoms with Gasteiger partial charge in [0.1, 0.15) is 5.75 Å². The first-order chi connectivity index (χ1) is 11.9. The quantitative estimate of drug-likeness (QED) is 0.786. The van der Waals surface area contributed by atoms with Crippen LogP contribution in [0.25, 0.3) is 0 Å². The van der Waals surface area contributed by atoms with Crippen molar-refractivity contribution < 1.29 is 23.8 Å². The van der Waals surface area contributed by atoms with Gasteiger partial charge in [0.25, 0.3) is 11.8 Å². The molecule has 2 rings (SSSR count). The van der Waals surface area contributed by atoms with Crippen LogP contribution in [0.2, 0.25) is 5.02 Å². The molecule has 25 heavy (non-hydrogen) atoms. The van der Waals surface area contributed by atoms with Crippen molar-refractivity contribution in [2.24, 2.45) is 5.73 Å². The summed E-state index contributed by atoms with van der Waals surface area (Å²) in [5, 5.41) is 3.18. The van der Waals surface area contributed by atoms with Crippen molar-refractivity contribution >= 4 is 29.1 Å². The highest BCUT2D eigenvalue weighted by Gasteiger charge is 2.14. The van der Waals surface area contributed by atoms with Crippen LogP contribution in [-0.2, 0) is 4.79 Å². The number of ether oxygens (including phenoxy) is 3. The summed E-state index contributed by atoms with van der Waals surface area (Å²) in [6.07, 6.45) is 0. The molecule has 0 saturated carbocycles. The van der Waals surface area contributed by atoms with Crippen molar-refractivity contribution in [1.82, 2.24) is 0 Å². The summed E-state index contributed by atoms with van der Waals surface area (Å²) in [6, 6.07) is 9.43. The first-order valence-corrected chi connectivity index (χ1v) is 7.56. The van der Waals surface area contributed by atoms with E-state index >= 15 is 0 Å². The van der Waals surface area contributed by atoms with E-state index < -0.39 is 5.91 Å². The zero-order valence-corrected chi connectivity index (χ0v) is 14.4. The first kappa shape index (κ1) is 18.4. The predicted octanol–water partition coefficient (Wildman–Crippen LogP) is 2.47. The van der Waals surface area contributed by atoms with Crippen molar-refractivity contribution in [2.45, 2.75) is 0 Å². The van der Waals surface area contributed by atoms with Gasteiger partial charge in [0.2, 0.25) is 0 Å². The lowest BCUT2D eigenvalue weighted by Crippen LogP contribution is -2.20. The van der Waals surface area contributed by atoms with Gasteiger partial charge in [0.15, 0.2) is 18.1 Å². The van der Waals surface area contributed by atoms with E-state index in [9.17, 15) is 9.59 Å². The number of primary amides is 1. The molecule has 3 N–H and O–H groups in total. The third-order valence-corrected chi connectivity index (χ3v) is 3.44. The molecule has 0 bridgehead atoms. The molecule has 0 spiro atoms. The van der Waals surface area contributed by atoms with Crippen molar-refractivity contribution in [3.63, 3.8) is 0 Å². The van der Waals surface area contributed by atoms with Crippen LogP contribution in [0, 0.1) is 0 Å². The Bertz CT molecular complexity index is 795. The van der Waals surface area contributed by atoms with Gasteiger partial charge in [-0.25, -0.2) is 0 Å². The molecule has 0 radical (unpaired) electrons. The van der Waals surface area contributed by atoms with Gasteiger partial charge in [0, 0.05) is 10.6 Å². The van der Waals surface area contributed by atoms with Crippen LogP contribution in [0.4, 0.5) is 5.69 Å². The van der Waals surface area contributed by atoms with E-state index in [1.807, 2.05) is 0 Å². The number of nitrogens with one attached hydrogen (secondary N) is 1. The van der Waals surface area contributed by atoms with Crippen LogP contribution in [0.5, 0.6) is 17.2 Å². The number of anilines is 1. The van der Waals surface area contributed by atoms with Crippen molar-refractivity contribution in [1.29, 1.82) is 0 Å². The fourth-order valence-electron chi connectivity index (χ4n) is 2.05. The van der Waals surface area contributed by atoms with Gasteiger partial charge in [-0.2, -0.15) is 0 Å². The Hall–Kier alpha value is -2.93. The maximum Gasteiger partial charge on any atom is 0.255 e. The molecule has 2 aromatic rings. The SMILES string of the molecule is COc1ccc(Cl)cc1NC(=O)c1ccc(OCC(N)=O)c(OC)c1. The molecule has 0 atom stereocenters. The summed E-state index contributed by atoms with van der Waals surface area (Å²) in [6.45, 7) is -0.290. The monoisotopic (exact) mass is 364 g/mol. The summed E-state index contributed by atoms with van der Waals surface area (Å²) in [4.78, 5) is 23.3. The van der Waals surface area contributed by atoms with Gasteiger partial charge in [-0.15, -0.1) is 0 Å². The van der Waals surface area contributed by atoms with Gasteiger partial charge >= 0.3 is 0 Å². The van der Waals surface area contributed by atoms with Crippen LogP contribution in [0.15, 0.2) is 36.4 Å². The topological polar surface area (TPSA) is 99.9 Å². The highest BCUT2D eigenvalue weighted by Crippen LogP contribution is 2.30. The highest BCUT2D eigenvalue weighted by molar-refractivity contribution is 6.31. The van der Waals surface area contributed by atoms with E-state index in [4.69, 9.17) is 31.5 Å². The molecule has 0 aromatic heterocycles. The predicted molar refractivity (Wildman–Crippen MR) is 93.6 cm³/mol. The van der Waals surface area contributed by atoms with E-state index in [2.05, 4.69) is 5.32 Å². The van der Waals surface area contributed by atoms with Gasteiger partial charge in [-0.1, -0.05) is 11.6 Å². The maximum absolute atomic E-state index is 12.5. The van der Waals surface area contributed by atoms with Gasteiger partial charge < -0.3 is 25.3 Å². The summed E-state index contributed by atoms with van der Waals surface area (Å²) in [5.74, 6) is 0.0773. The average molecular weight is 365 g/mol. The molecule has 132 valence electrons.